The summed E-state index contributed by atoms with van der Waals surface area (Å²) in [5.41, 5.74) is 3.27. The van der Waals surface area contributed by atoms with Gasteiger partial charge in [-0.2, -0.15) is 10.1 Å². The SMILES string of the molecule is Cc1ccc(NC(=O)[C@@H]2[C@@H](c3ccccc3F)n3ncnc3N[C@@H]2C)c(C)c1. The highest BCUT2D eigenvalue weighted by Crippen LogP contribution is 2.37. The fourth-order valence-electron chi connectivity index (χ4n) is 3.86. The van der Waals surface area contributed by atoms with Crippen LogP contribution in [0.15, 0.2) is 48.8 Å². The van der Waals surface area contributed by atoms with Gasteiger partial charge in [-0.25, -0.2) is 9.07 Å². The topological polar surface area (TPSA) is 71.8 Å². The number of rotatable bonds is 3. The number of nitrogens with one attached hydrogen (secondary N) is 2. The zero-order valence-electron chi connectivity index (χ0n) is 16.0. The van der Waals surface area contributed by atoms with Crippen molar-refractivity contribution in [2.24, 2.45) is 5.92 Å². The Morgan fingerprint density at radius 2 is 2.00 bits per heavy atom. The monoisotopic (exact) mass is 379 g/mol. The summed E-state index contributed by atoms with van der Waals surface area (Å²) in [4.78, 5) is 17.5. The lowest BCUT2D eigenvalue weighted by Crippen LogP contribution is -2.47. The van der Waals surface area contributed by atoms with Crippen LogP contribution in [0.3, 0.4) is 0 Å². The molecule has 6 nitrogen and oxygen atoms in total. The maximum Gasteiger partial charge on any atom is 0.232 e. The van der Waals surface area contributed by atoms with E-state index < -0.39 is 12.0 Å². The fraction of sp³-hybridized carbons (Fsp3) is 0.286. The second-order valence-electron chi connectivity index (χ2n) is 7.26. The minimum atomic E-state index is -0.597. The number of carbonyl (C=O) groups excluding carboxylic acids is 1. The maximum atomic E-state index is 14.7. The first kappa shape index (κ1) is 18.2. The van der Waals surface area contributed by atoms with Crippen LogP contribution in [0.25, 0.3) is 0 Å². The predicted molar refractivity (Wildman–Crippen MR) is 106 cm³/mol. The predicted octanol–water partition coefficient (Wildman–Crippen LogP) is 3.69. The lowest BCUT2D eigenvalue weighted by atomic mass is 9.85. The molecule has 0 fully saturated rings. The molecule has 1 aliphatic heterocycles. The van der Waals surface area contributed by atoms with Crippen molar-refractivity contribution in [1.29, 1.82) is 0 Å². The van der Waals surface area contributed by atoms with Gasteiger partial charge in [0.2, 0.25) is 11.9 Å². The number of aryl methyl sites for hydroxylation is 2. The molecule has 2 N–H and O–H groups in total. The molecular formula is C21H22FN5O. The minimum Gasteiger partial charge on any atom is -0.351 e. The number of benzene rings is 2. The van der Waals surface area contributed by atoms with Crippen molar-refractivity contribution in [2.45, 2.75) is 32.9 Å². The van der Waals surface area contributed by atoms with Gasteiger partial charge in [0.25, 0.3) is 0 Å². The first-order valence-electron chi connectivity index (χ1n) is 9.24. The van der Waals surface area contributed by atoms with Gasteiger partial charge < -0.3 is 10.6 Å². The van der Waals surface area contributed by atoms with E-state index in [4.69, 9.17) is 0 Å². The average molecular weight is 379 g/mol. The third-order valence-electron chi connectivity index (χ3n) is 5.24. The van der Waals surface area contributed by atoms with Crippen molar-refractivity contribution in [2.75, 3.05) is 10.6 Å². The molecule has 1 aliphatic rings. The molecule has 0 radical (unpaired) electrons. The highest BCUT2D eigenvalue weighted by atomic mass is 19.1. The van der Waals surface area contributed by atoms with Crippen molar-refractivity contribution >= 4 is 17.5 Å². The third kappa shape index (κ3) is 3.13. The van der Waals surface area contributed by atoms with Crippen LogP contribution in [-0.4, -0.2) is 26.7 Å². The Morgan fingerprint density at radius 3 is 2.75 bits per heavy atom. The maximum absolute atomic E-state index is 14.7. The molecule has 0 bridgehead atoms. The number of amides is 1. The molecule has 0 spiro atoms. The van der Waals surface area contributed by atoms with Crippen molar-refractivity contribution in [3.05, 3.63) is 71.3 Å². The zero-order chi connectivity index (χ0) is 19.8. The molecule has 1 aromatic heterocycles. The number of hydrogen-bond acceptors (Lipinski definition) is 4. The van der Waals surface area contributed by atoms with E-state index in [9.17, 15) is 9.18 Å². The molecule has 144 valence electrons. The van der Waals surface area contributed by atoms with Gasteiger partial charge in [-0.3, -0.25) is 4.79 Å². The largest absolute Gasteiger partial charge is 0.351 e. The zero-order valence-corrected chi connectivity index (χ0v) is 16.0. The smallest absolute Gasteiger partial charge is 0.232 e. The summed E-state index contributed by atoms with van der Waals surface area (Å²) in [5, 5.41) is 10.5. The van der Waals surface area contributed by atoms with Crippen LogP contribution in [-0.2, 0) is 4.79 Å². The van der Waals surface area contributed by atoms with Gasteiger partial charge in [0.15, 0.2) is 0 Å². The number of halogens is 1. The van der Waals surface area contributed by atoms with E-state index >= 15 is 0 Å². The quantitative estimate of drug-likeness (QED) is 0.728. The fourth-order valence-corrected chi connectivity index (χ4v) is 3.86. The van der Waals surface area contributed by atoms with E-state index in [-0.39, 0.29) is 17.8 Å². The van der Waals surface area contributed by atoms with Crippen LogP contribution in [0.2, 0.25) is 0 Å². The van der Waals surface area contributed by atoms with E-state index in [2.05, 4.69) is 20.7 Å². The highest BCUT2D eigenvalue weighted by molar-refractivity contribution is 5.94. The number of nitrogens with zero attached hydrogens (tertiary/aromatic N) is 3. The Balaban J connectivity index is 1.75. The summed E-state index contributed by atoms with van der Waals surface area (Å²) < 4.78 is 16.2. The van der Waals surface area contributed by atoms with Gasteiger partial charge in [-0.15, -0.1) is 0 Å². The van der Waals surface area contributed by atoms with E-state index in [1.807, 2.05) is 39.0 Å². The van der Waals surface area contributed by atoms with Gasteiger partial charge in [0, 0.05) is 17.3 Å². The summed E-state index contributed by atoms with van der Waals surface area (Å²) in [6, 6.07) is 11.5. The van der Waals surface area contributed by atoms with Gasteiger partial charge in [-0.1, -0.05) is 35.9 Å². The molecule has 4 rings (SSSR count). The third-order valence-corrected chi connectivity index (χ3v) is 5.24. The van der Waals surface area contributed by atoms with Gasteiger partial charge in [0.05, 0.1) is 12.0 Å². The standard InChI is InChI=1S/C21H22FN5O/c1-12-8-9-17(13(2)10-12)26-20(28)18-14(3)25-21-23-11-24-27(21)19(18)15-6-4-5-7-16(15)22/h4-11,14,18-19H,1-3H3,(H,26,28)(H,23,24,25)/t14-,18+,19-/m1/s1. The summed E-state index contributed by atoms with van der Waals surface area (Å²) in [6.45, 7) is 5.86. The molecule has 2 heterocycles. The molecule has 3 atom stereocenters. The van der Waals surface area contributed by atoms with Crippen molar-refractivity contribution in [3.8, 4) is 0 Å². The van der Waals surface area contributed by atoms with Crippen LogP contribution < -0.4 is 10.6 Å². The van der Waals surface area contributed by atoms with Crippen LogP contribution in [0.1, 0.15) is 29.7 Å². The molecule has 0 saturated carbocycles. The molecular weight excluding hydrogens is 357 g/mol. The number of anilines is 2. The highest BCUT2D eigenvalue weighted by Gasteiger charge is 2.42. The number of carbonyl (C=O) groups is 1. The molecule has 2 aromatic carbocycles. The van der Waals surface area contributed by atoms with Gasteiger partial charge in [-0.05, 0) is 38.5 Å². The van der Waals surface area contributed by atoms with E-state index in [1.165, 1.54) is 12.4 Å². The van der Waals surface area contributed by atoms with Crippen LogP contribution in [0.4, 0.5) is 16.0 Å². The number of hydrogen-bond donors (Lipinski definition) is 2. The molecule has 3 aromatic rings. The second kappa shape index (κ2) is 7.07. The van der Waals surface area contributed by atoms with Crippen LogP contribution in [0.5, 0.6) is 0 Å². The molecule has 1 amide bonds. The Bertz CT molecular complexity index is 1030. The Labute approximate surface area is 162 Å². The van der Waals surface area contributed by atoms with Gasteiger partial charge in [0.1, 0.15) is 12.1 Å². The summed E-state index contributed by atoms with van der Waals surface area (Å²) in [7, 11) is 0. The summed E-state index contributed by atoms with van der Waals surface area (Å²) in [5.74, 6) is -0.614. The first-order valence-corrected chi connectivity index (χ1v) is 9.24. The number of fused-ring (bicyclic) bond motifs is 1. The van der Waals surface area contributed by atoms with Crippen molar-refractivity contribution < 1.29 is 9.18 Å². The second-order valence-corrected chi connectivity index (χ2v) is 7.26. The molecule has 7 heteroatoms. The van der Waals surface area contributed by atoms with E-state index in [0.717, 1.165) is 16.8 Å². The summed E-state index contributed by atoms with van der Waals surface area (Å²) in [6.07, 6.45) is 1.41. The van der Waals surface area contributed by atoms with E-state index in [1.54, 1.807) is 22.9 Å². The van der Waals surface area contributed by atoms with Crippen molar-refractivity contribution in [3.63, 3.8) is 0 Å². The molecule has 28 heavy (non-hydrogen) atoms. The van der Waals surface area contributed by atoms with Crippen molar-refractivity contribution in [1.82, 2.24) is 14.8 Å². The Hall–Kier alpha value is -3.22. The van der Waals surface area contributed by atoms with Crippen LogP contribution in [0, 0.1) is 25.6 Å². The number of aromatic nitrogens is 3. The molecule has 0 aliphatic carbocycles. The first-order chi connectivity index (χ1) is 13.5. The normalized spacial score (nSPS) is 20.9. The molecule has 0 unspecified atom stereocenters. The van der Waals surface area contributed by atoms with Crippen LogP contribution >= 0.6 is 0 Å². The van der Waals surface area contributed by atoms with Gasteiger partial charge >= 0.3 is 0 Å². The lowest BCUT2D eigenvalue weighted by Gasteiger charge is -2.37. The minimum absolute atomic E-state index is 0.193. The van der Waals surface area contributed by atoms with E-state index in [0.29, 0.717) is 11.5 Å². The Morgan fingerprint density at radius 1 is 1.21 bits per heavy atom. The Kier molecular flexibility index (Phi) is 4.58. The molecule has 0 saturated heterocycles. The average Bonchev–Trinajstić information content (AvgIpc) is 3.11. The summed E-state index contributed by atoms with van der Waals surface area (Å²) >= 11 is 0. The lowest BCUT2D eigenvalue weighted by molar-refractivity contribution is -0.121.